The first-order chi connectivity index (χ1) is 8.63. The van der Waals surface area contributed by atoms with Crippen molar-refractivity contribution >= 4 is 27.5 Å². The molecule has 0 aliphatic heterocycles. The topological polar surface area (TPSA) is 50.9 Å². The van der Waals surface area contributed by atoms with Crippen molar-refractivity contribution in [2.45, 2.75) is 13.0 Å². The lowest BCUT2D eigenvalue weighted by molar-refractivity contribution is 0.631. The molecule has 0 fully saturated rings. The summed E-state index contributed by atoms with van der Waals surface area (Å²) in [6.45, 7) is 2.02. The van der Waals surface area contributed by atoms with E-state index in [0.29, 0.717) is 5.02 Å². The molecule has 0 radical (unpaired) electrons. The zero-order chi connectivity index (χ0) is 13.1. The Hall–Kier alpha value is -0.940. The molecule has 2 aromatic rings. The zero-order valence-corrected chi connectivity index (χ0v) is 12.2. The molecule has 0 aliphatic rings. The van der Waals surface area contributed by atoms with Gasteiger partial charge >= 0.3 is 0 Å². The second-order valence-corrected chi connectivity index (χ2v) is 5.32. The molecule has 1 heterocycles. The normalized spacial score (nSPS) is 12.4. The quantitative estimate of drug-likeness (QED) is 0.672. The average molecular weight is 327 g/mol. The third kappa shape index (κ3) is 2.72. The molecule has 0 bridgehead atoms. The van der Waals surface area contributed by atoms with Crippen LogP contribution in [0, 0.1) is 6.92 Å². The fraction of sp³-hybridized carbons (Fsp3) is 0.154. The maximum Gasteiger partial charge on any atom is 0.0742 e. The highest BCUT2D eigenvalue weighted by Crippen LogP contribution is 2.31. The van der Waals surface area contributed by atoms with Crippen LogP contribution in [0.1, 0.15) is 22.7 Å². The molecule has 0 aliphatic carbocycles. The number of benzene rings is 1. The summed E-state index contributed by atoms with van der Waals surface area (Å²) in [6.07, 6.45) is 3.56. The predicted octanol–water partition coefficient (Wildman–Crippen LogP) is 3.36. The summed E-state index contributed by atoms with van der Waals surface area (Å²) in [4.78, 5) is 4.14. The highest BCUT2D eigenvalue weighted by Gasteiger charge is 2.17. The molecular weight excluding hydrogens is 314 g/mol. The first-order valence-corrected chi connectivity index (χ1v) is 6.62. The number of nitrogens with two attached hydrogens (primary N) is 1. The summed E-state index contributed by atoms with van der Waals surface area (Å²) >= 11 is 9.68. The standard InChI is InChI=1S/C13H13BrClN3/c1-8-4-5-17-7-11(8)13(18-16)10-6-9(14)2-3-12(10)15/h2-7,13,18H,16H2,1H3. The molecule has 1 unspecified atom stereocenters. The molecular formula is C13H13BrClN3. The number of halogens is 2. The molecule has 3 nitrogen and oxygen atoms in total. The fourth-order valence-electron chi connectivity index (χ4n) is 1.86. The Morgan fingerprint density at radius 2 is 2.11 bits per heavy atom. The van der Waals surface area contributed by atoms with Gasteiger partial charge in [0.05, 0.1) is 6.04 Å². The van der Waals surface area contributed by atoms with Crippen LogP contribution in [-0.4, -0.2) is 4.98 Å². The van der Waals surface area contributed by atoms with Gasteiger partial charge in [-0.1, -0.05) is 27.5 Å². The Kier molecular flexibility index (Phi) is 4.35. The van der Waals surface area contributed by atoms with E-state index in [1.54, 1.807) is 12.4 Å². The minimum absolute atomic E-state index is 0.177. The minimum Gasteiger partial charge on any atom is -0.271 e. The van der Waals surface area contributed by atoms with Crippen LogP contribution in [0.2, 0.25) is 5.02 Å². The zero-order valence-electron chi connectivity index (χ0n) is 9.82. The van der Waals surface area contributed by atoms with E-state index in [1.165, 1.54) is 0 Å². The van der Waals surface area contributed by atoms with Gasteiger partial charge in [-0.2, -0.15) is 0 Å². The van der Waals surface area contributed by atoms with E-state index in [4.69, 9.17) is 17.4 Å². The number of hydrogen-bond acceptors (Lipinski definition) is 3. The Morgan fingerprint density at radius 3 is 2.78 bits per heavy atom. The Morgan fingerprint density at radius 1 is 1.33 bits per heavy atom. The van der Waals surface area contributed by atoms with Crippen LogP contribution in [0.3, 0.4) is 0 Å². The van der Waals surface area contributed by atoms with E-state index in [-0.39, 0.29) is 6.04 Å². The van der Waals surface area contributed by atoms with E-state index in [0.717, 1.165) is 21.2 Å². The number of rotatable bonds is 3. The largest absolute Gasteiger partial charge is 0.271 e. The van der Waals surface area contributed by atoms with Crippen molar-refractivity contribution in [3.8, 4) is 0 Å². The molecule has 2 rings (SSSR count). The van der Waals surface area contributed by atoms with Crippen LogP contribution >= 0.6 is 27.5 Å². The van der Waals surface area contributed by atoms with Gasteiger partial charge in [0.15, 0.2) is 0 Å². The summed E-state index contributed by atoms with van der Waals surface area (Å²) in [5.74, 6) is 5.67. The number of hydrogen-bond donors (Lipinski definition) is 2. The molecule has 18 heavy (non-hydrogen) atoms. The van der Waals surface area contributed by atoms with Gasteiger partial charge in [-0.25, -0.2) is 5.43 Å². The van der Waals surface area contributed by atoms with Gasteiger partial charge in [0.25, 0.3) is 0 Å². The summed E-state index contributed by atoms with van der Waals surface area (Å²) in [5.41, 5.74) is 5.85. The molecule has 1 aromatic heterocycles. The van der Waals surface area contributed by atoms with Gasteiger partial charge in [0, 0.05) is 21.9 Å². The third-order valence-corrected chi connectivity index (χ3v) is 3.66. The molecule has 0 amide bonds. The molecule has 3 N–H and O–H groups in total. The molecule has 0 saturated carbocycles. The maximum absolute atomic E-state index is 6.24. The van der Waals surface area contributed by atoms with Crippen molar-refractivity contribution in [2.24, 2.45) is 5.84 Å². The third-order valence-electron chi connectivity index (χ3n) is 2.83. The smallest absolute Gasteiger partial charge is 0.0742 e. The van der Waals surface area contributed by atoms with E-state index >= 15 is 0 Å². The average Bonchev–Trinajstić information content (AvgIpc) is 2.36. The van der Waals surface area contributed by atoms with E-state index in [1.807, 2.05) is 31.2 Å². The lowest BCUT2D eigenvalue weighted by Gasteiger charge is -2.20. The van der Waals surface area contributed by atoms with Crippen LogP contribution in [0.25, 0.3) is 0 Å². The summed E-state index contributed by atoms with van der Waals surface area (Å²) in [6, 6.07) is 7.47. The van der Waals surface area contributed by atoms with Crippen LogP contribution in [-0.2, 0) is 0 Å². The van der Waals surface area contributed by atoms with Gasteiger partial charge in [-0.15, -0.1) is 0 Å². The molecule has 0 spiro atoms. The second-order valence-electron chi connectivity index (χ2n) is 4.00. The SMILES string of the molecule is Cc1ccncc1C(NN)c1cc(Br)ccc1Cl. The van der Waals surface area contributed by atoms with Crippen LogP contribution < -0.4 is 11.3 Å². The Labute approximate surface area is 119 Å². The number of aromatic nitrogens is 1. The molecule has 1 aromatic carbocycles. The number of pyridine rings is 1. The molecule has 5 heteroatoms. The number of nitrogens with zero attached hydrogens (tertiary/aromatic N) is 1. The van der Waals surface area contributed by atoms with E-state index < -0.39 is 0 Å². The first-order valence-electron chi connectivity index (χ1n) is 5.45. The van der Waals surface area contributed by atoms with Crippen molar-refractivity contribution in [3.63, 3.8) is 0 Å². The number of hydrazine groups is 1. The fourth-order valence-corrected chi connectivity index (χ4v) is 2.47. The Balaban J connectivity index is 2.52. The van der Waals surface area contributed by atoms with Gasteiger partial charge in [0.1, 0.15) is 0 Å². The van der Waals surface area contributed by atoms with E-state index in [2.05, 4.69) is 26.3 Å². The van der Waals surface area contributed by atoms with Crippen LogP contribution in [0.4, 0.5) is 0 Å². The van der Waals surface area contributed by atoms with Crippen LogP contribution in [0.15, 0.2) is 41.1 Å². The van der Waals surface area contributed by atoms with Crippen molar-refractivity contribution in [1.29, 1.82) is 0 Å². The lowest BCUT2D eigenvalue weighted by Crippen LogP contribution is -2.29. The van der Waals surface area contributed by atoms with Crippen molar-refractivity contribution in [3.05, 3.63) is 62.8 Å². The lowest BCUT2D eigenvalue weighted by atomic mass is 9.97. The molecule has 1 atom stereocenters. The summed E-state index contributed by atoms with van der Waals surface area (Å²) < 4.78 is 0.962. The van der Waals surface area contributed by atoms with Gasteiger partial charge in [-0.05, 0) is 47.9 Å². The van der Waals surface area contributed by atoms with Crippen molar-refractivity contribution < 1.29 is 0 Å². The predicted molar refractivity (Wildman–Crippen MR) is 77.3 cm³/mol. The van der Waals surface area contributed by atoms with Crippen molar-refractivity contribution in [2.75, 3.05) is 0 Å². The minimum atomic E-state index is -0.177. The van der Waals surface area contributed by atoms with Crippen LogP contribution in [0.5, 0.6) is 0 Å². The summed E-state index contributed by atoms with van der Waals surface area (Å²) in [7, 11) is 0. The number of aryl methyl sites for hydroxylation is 1. The maximum atomic E-state index is 6.24. The monoisotopic (exact) mass is 325 g/mol. The van der Waals surface area contributed by atoms with E-state index in [9.17, 15) is 0 Å². The molecule has 0 saturated heterocycles. The van der Waals surface area contributed by atoms with Crippen molar-refractivity contribution in [1.82, 2.24) is 10.4 Å². The van der Waals surface area contributed by atoms with Gasteiger partial charge in [-0.3, -0.25) is 10.8 Å². The highest BCUT2D eigenvalue weighted by atomic mass is 79.9. The van der Waals surface area contributed by atoms with Gasteiger partial charge in [0.2, 0.25) is 0 Å². The highest BCUT2D eigenvalue weighted by molar-refractivity contribution is 9.10. The molecule has 94 valence electrons. The summed E-state index contributed by atoms with van der Waals surface area (Å²) in [5, 5.41) is 0.671. The van der Waals surface area contributed by atoms with Gasteiger partial charge < -0.3 is 0 Å². The first kappa shape index (κ1) is 13.5. The number of nitrogens with one attached hydrogen (secondary N) is 1. The Bertz CT molecular complexity index is 560. The second kappa shape index (κ2) is 5.80.